The zero-order valence-electron chi connectivity index (χ0n) is 11.3. The van der Waals surface area contributed by atoms with Crippen LogP contribution in [0.2, 0.25) is 0 Å². The monoisotopic (exact) mass is 232 g/mol. The largest absolute Gasteiger partial charge is 0.382 e. The van der Waals surface area contributed by atoms with Crippen molar-refractivity contribution in [2.45, 2.75) is 26.8 Å². The van der Waals surface area contributed by atoms with Gasteiger partial charge in [-0.3, -0.25) is 0 Å². The highest BCUT2D eigenvalue weighted by Crippen LogP contribution is 1.88. The lowest BCUT2D eigenvalue weighted by Crippen LogP contribution is -2.36. The molecule has 4 nitrogen and oxygen atoms in total. The molecule has 0 radical (unpaired) electrons. The molecule has 0 saturated heterocycles. The van der Waals surface area contributed by atoms with Crippen LogP contribution in [0.5, 0.6) is 0 Å². The van der Waals surface area contributed by atoms with Gasteiger partial charge in [-0.05, 0) is 6.54 Å². The number of hydrogen-bond donors (Lipinski definition) is 1. The number of ether oxygens (including phenoxy) is 2. The molecule has 0 amide bonds. The van der Waals surface area contributed by atoms with E-state index in [1.54, 1.807) is 7.11 Å². The van der Waals surface area contributed by atoms with Crippen LogP contribution >= 0.6 is 0 Å². The van der Waals surface area contributed by atoms with Gasteiger partial charge >= 0.3 is 0 Å². The van der Waals surface area contributed by atoms with Crippen LogP contribution in [0.25, 0.3) is 0 Å². The molecule has 0 aromatic rings. The minimum absolute atomic E-state index is 0.566. The predicted octanol–water partition coefficient (Wildman–Crippen LogP) is 0.969. The predicted molar refractivity (Wildman–Crippen MR) is 67.9 cm³/mol. The van der Waals surface area contributed by atoms with E-state index >= 15 is 0 Å². The van der Waals surface area contributed by atoms with Crippen molar-refractivity contribution in [1.82, 2.24) is 10.2 Å². The summed E-state index contributed by atoms with van der Waals surface area (Å²) < 4.78 is 10.4. The number of nitrogens with one attached hydrogen (secondary N) is 1. The maximum atomic E-state index is 5.45. The average molecular weight is 232 g/mol. The van der Waals surface area contributed by atoms with E-state index < -0.39 is 0 Å². The molecule has 0 aromatic heterocycles. The molecular formula is C12H28N2O2. The number of hydrogen-bond acceptors (Lipinski definition) is 4. The van der Waals surface area contributed by atoms with Gasteiger partial charge in [-0.15, -0.1) is 0 Å². The van der Waals surface area contributed by atoms with Crippen molar-refractivity contribution in [1.29, 1.82) is 0 Å². The number of rotatable bonds is 11. The first-order valence-corrected chi connectivity index (χ1v) is 6.23. The molecule has 0 rings (SSSR count). The van der Waals surface area contributed by atoms with Crippen molar-refractivity contribution in [3.8, 4) is 0 Å². The topological polar surface area (TPSA) is 33.7 Å². The maximum Gasteiger partial charge on any atom is 0.0700 e. The standard InChI is InChI=1S/C12H28N2O2/c1-5-14(7-6-13-12(2)3)8-9-16-11-10-15-4/h12-13H,5-11H2,1-4H3. The second kappa shape index (κ2) is 11.3. The summed E-state index contributed by atoms with van der Waals surface area (Å²) in [7, 11) is 1.69. The summed E-state index contributed by atoms with van der Waals surface area (Å²) in [5, 5.41) is 3.42. The van der Waals surface area contributed by atoms with Crippen LogP contribution in [-0.4, -0.2) is 64.1 Å². The second-order valence-electron chi connectivity index (χ2n) is 4.15. The molecule has 0 spiro atoms. The van der Waals surface area contributed by atoms with E-state index in [1.807, 2.05) is 0 Å². The van der Waals surface area contributed by atoms with Crippen LogP contribution in [0, 0.1) is 0 Å². The zero-order valence-corrected chi connectivity index (χ0v) is 11.3. The Hall–Kier alpha value is -0.160. The Morgan fingerprint density at radius 1 is 1.12 bits per heavy atom. The number of likely N-dealkylation sites (N-methyl/N-ethyl adjacent to an activating group) is 1. The second-order valence-corrected chi connectivity index (χ2v) is 4.15. The number of nitrogens with zero attached hydrogens (tertiary/aromatic N) is 1. The third-order valence-corrected chi connectivity index (χ3v) is 2.41. The molecule has 0 heterocycles. The van der Waals surface area contributed by atoms with Crippen molar-refractivity contribution in [3.05, 3.63) is 0 Å². The molecule has 0 saturated carbocycles. The van der Waals surface area contributed by atoms with Gasteiger partial charge in [0.25, 0.3) is 0 Å². The van der Waals surface area contributed by atoms with Gasteiger partial charge in [0.1, 0.15) is 0 Å². The third kappa shape index (κ3) is 10.4. The first-order chi connectivity index (χ1) is 7.70. The zero-order chi connectivity index (χ0) is 12.2. The van der Waals surface area contributed by atoms with Crippen LogP contribution < -0.4 is 5.32 Å². The van der Waals surface area contributed by atoms with Gasteiger partial charge in [0.15, 0.2) is 0 Å². The molecule has 16 heavy (non-hydrogen) atoms. The first kappa shape index (κ1) is 15.8. The van der Waals surface area contributed by atoms with Crippen LogP contribution in [0.1, 0.15) is 20.8 Å². The minimum atomic E-state index is 0.566. The van der Waals surface area contributed by atoms with Crippen LogP contribution in [0.15, 0.2) is 0 Å². The first-order valence-electron chi connectivity index (χ1n) is 6.23. The van der Waals surface area contributed by atoms with Gasteiger partial charge < -0.3 is 19.7 Å². The Bertz CT molecular complexity index is 143. The van der Waals surface area contributed by atoms with E-state index in [-0.39, 0.29) is 0 Å². The lowest BCUT2D eigenvalue weighted by molar-refractivity contribution is 0.0580. The van der Waals surface area contributed by atoms with Crippen molar-refractivity contribution < 1.29 is 9.47 Å². The Kier molecular flexibility index (Phi) is 11.2. The van der Waals surface area contributed by atoms with Crippen molar-refractivity contribution in [2.75, 3.05) is 53.1 Å². The SMILES string of the molecule is CCN(CCNC(C)C)CCOCCOC. The fourth-order valence-electron chi connectivity index (χ4n) is 1.38. The Morgan fingerprint density at radius 2 is 1.88 bits per heavy atom. The van der Waals surface area contributed by atoms with E-state index in [0.717, 1.165) is 32.8 Å². The van der Waals surface area contributed by atoms with Crippen LogP contribution in [-0.2, 0) is 9.47 Å². The Balaban J connectivity index is 3.36. The third-order valence-electron chi connectivity index (χ3n) is 2.41. The Morgan fingerprint density at radius 3 is 2.44 bits per heavy atom. The van der Waals surface area contributed by atoms with Crippen molar-refractivity contribution >= 4 is 0 Å². The normalized spacial score (nSPS) is 11.6. The summed E-state index contributed by atoms with van der Waals surface area (Å²) in [4.78, 5) is 2.39. The maximum absolute atomic E-state index is 5.45. The van der Waals surface area contributed by atoms with Gasteiger partial charge in [0.2, 0.25) is 0 Å². The highest BCUT2D eigenvalue weighted by molar-refractivity contribution is 4.59. The highest BCUT2D eigenvalue weighted by Gasteiger charge is 2.02. The fraction of sp³-hybridized carbons (Fsp3) is 1.00. The van der Waals surface area contributed by atoms with Gasteiger partial charge in [-0.2, -0.15) is 0 Å². The molecule has 0 atom stereocenters. The average Bonchev–Trinajstić information content (AvgIpc) is 2.26. The highest BCUT2D eigenvalue weighted by atomic mass is 16.5. The van der Waals surface area contributed by atoms with Crippen molar-refractivity contribution in [3.63, 3.8) is 0 Å². The smallest absolute Gasteiger partial charge is 0.0700 e. The van der Waals surface area contributed by atoms with E-state index in [1.165, 1.54) is 0 Å². The lowest BCUT2D eigenvalue weighted by Gasteiger charge is -2.21. The van der Waals surface area contributed by atoms with Gasteiger partial charge in [0.05, 0.1) is 19.8 Å². The summed E-state index contributed by atoms with van der Waals surface area (Å²) in [5.41, 5.74) is 0. The Labute approximate surface area is 100 Å². The summed E-state index contributed by atoms with van der Waals surface area (Å²) >= 11 is 0. The molecular weight excluding hydrogens is 204 g/mol. The molecule has 0 unspecified atom stereocenters. The molecule has 4 heteroatoms. The van der Waals surface area contributed by atoms with Gasteiger partial charge in [-0.25, -0.2) is 0 Å². The fourth-order valence-corrected chi connectivity index (χ4v) is 1.38. The summed E-state index contributed by atoms with van der Waals surface area (Å²) in [6.45, 7) is 12.9. The van der Waals surface area contributed by atoms with E-state index in [9.17, 15) is 0 Å². The quantitative estimate of drug-likeness (QED) is 0.538. The molecule has 98 valence electrons. The van der Waals surface area contributed by atoms with Crippen molar-refractivity contribution in [2.24, 2.45) is 0 Å². The number of methoxy groups -OCH3 is 1. The molecule has 0 aromatic carbocycles. The summed E-state index contributed by atoms with van der Waals surface area (Å²) in [6.07, 6.45) is 0. The summed E-state index contributed by atoms with van der Waals surface area (Å²) in [5.74, 6) is 0. The molecule has 0 aliphatic heterocycles. The van der Waals surface area contributed by atoms with E-state index in [4.69, 9.17) is 9.47 Å². The molecule has 0 aliphatic carbocycles. The minimum Gasteiger partial charge on any atom is -0.382 e. The van der Waals surface area contributed by atoms with Gasteiger partial charge in [0, 0.05) is 32.8 Å². The molecule has 0 bridgehead atoms. The molecule has 0 aliphatic rings. The summed E-state index contributed by atoms with van der Waals surface area (Å²) in [6, 6.07) is 0.566. The van der Waals surface area contributed by atoms with Gasteiger partial charge in [-0.1, -0.05) is 20.8 Å². The van der Waals surface area contributed by atoms with Crippen LogP contribution in [0.3, 0.4) is 0 Å². The lowest BCUT2D eigenvalue weighted by atomic mass is 10.4. The van der Waals surface area contributed by atoms with Crippen LogP contribution in [0.4, 0.5) is 0 Å². The molecule has 1 N–H and O–H groups in total. The molecule has 0 fully saturated rings. The van der Waals surface area contributed by atoms with E-state index in [0.29, 0.717) is 19.3 Å². The van der Waals surface area contributed by atoms with E-state index in [2.05, 4.69) is 31.0 Å².